The number of nitrogens with one attached hydrogen (secondary N) is 1. The number of aryl methyl sites for hydroxylation is 1. The van der Waals surface area contributed by atoms with Crippen LogP contribution in [0.4, 0.5) is 0 Å². The van der Waals surface area contributed by atoms with Crippen LogP contribution in [0.2, 0.25) is 0 Å². The smallest absolute Gasteiger partial charge is 0.127 e. The number of nitrogens with zero attached hydrogens (tertiary/aromatic N) is 1. The minimum Gasteiger partial charge on any atom is -0.493 e. The average molecular weight is 266 g/mol. The van der Waals surface area contributed by atoms with E-state index in [0.717, 1.165) is 43.1 Å². The Hall–Kier alpha value is -1.13. The van der Waals surface area contributed by atoms with Gasteiger partial charge in [0.05, 0.1) is 6.61 Å². The molecule has 0 amide bonds. The van der Waals surface area contributed by atoms with Gasteiger partial charge in [-0.25, -0.2) is 0 Å². The van der Waals surface area contributed by atoms with Gasteiger partial charge in [-0.3, -0.25) is 4.98 Å². The predicted octanol–water partition coefficient (Wildman–Crippen LogP) is 2.55. The summed E-state index contributed by atoms with van der Waals surface area (Å²) >= 11 is 0. The highest BCUT2D eigenvalue weighted by molar-refractivity contribution is 5.32. The van der Waals surface area contributed by atoms with Gasteiger partial charge in [-0.15, -0.1) is 0 Å². The average Bonchev–Trinajstić information content (AvgIpc) is 2.36. The first-order valence-electron chi connectivity index (χ1n) is 6.91. The van der Waals surface area contributed by atoms with Gasteiger partial charge in [0.1, 0.15) is 5.75 Å². The van der Waals surface area contributed by atoms with Crippen molar-refractivity contribution in [3.05, 3.63) is 23.5 Å². The van der Waals surface area contributed by atoms with Gasteiger partial charge in [-0.2, -0.15) is 0 Å². The molecule has 0 aromatic carbocycles. The molecule has 0 aliphatic rings. The fourth-order valence-electron chi connectivity index (χ4n) is 1.71. The third-order valence-corrected chi connectivity index (χ3v) is 2.70. The second kappa shape index (κ2) is 8.88. The van der Waals surface area contributed by atoms with Crippen LogP contribution in [0.1, 0.15) is 31.5 Å². The molecule has 1 heterocycles. The third kappa shape index (κ3) is 6.55. The molecule has 1 aromatic heterocycles. The Morgan fingerprint density at radius 2 is 2.11 bits per heavy atom. The van der Waals surface area contributed by atoms with E-state index in [9.17, 15) is 0 Å². The lowest BCUT2D eigenvalue weighted by Crippen LogP contribution is -2.19. The number of aromatic nitrogens is 1. The maximum Gasteiger partial charge on any atom is 0.127 e. The van der Waals surface area contributed by atoms with Crippen LogP contribution in [0.15, 0.2) is 12.3 Å². The van der Waals surface area contributed by atoms with Crippen molar-refractivity contribution >= 4 is 0 Å². The summed E-state index contributed by atoms with van der Waals surface area (Å²) in [5.74, 6) is 1.57. The Labute approximate surface area is 116 Å². The number of rotatable bonds is 9. The summed E-state index contributed by atoms with van der Waals surface area (Å²) in [6, 6.07) is 2.00. The minimum absolute atomic E-state index is 0.643. The Balaban J connectivity index is 2.53. The molecule has 4 nitrogen and oxygen atoms in total. The molecule has 0 spiro atoms. The van der Waals surface area contributed by atoms with Crippen molar-refractivity contribution in [2.24, 2.45) is 5.92 Å². The van der Waals surface area contributed by atoms with Gasteiger partial charge in [0.25, 0.3) is 0 Å². The number of methoxy groups -OCH3 is 1. The van der Waals surface area contributed by atoms with E-state index in [2.05, 4.69) is 24.1 Å². The lowest BCUT2D eigenvalue weighted by molar-refractivity contribution is 0.171. The Morgan fingerprint density at radius 1 is 1.32 bits per heavy atom. The van der Waals surface area contributed by atoms with Crippen LogP contribution < -0.4 is 10.1 Å². The molecule has 4 heteroatoms. The molecule has 108 valence electrons. The maximum atomic E-state index is 5.82. The predicted molar refractivity (Wildman–Crippen MR) is 77.5 cm³/mol. The maximum absolute atomic E-state index is 5.82. The molecule has 0 aliphatic heterocycles. The topological polar surface area (TPSA) is 43.4 Å². The highest BCUT2D eigenvalue weighted by Crippen LogP contribution is 2.18. The third-order valence-electron chi connectivity index (χ3n) is 2.70. The molecular weight excluding hydrogens is 240 g/mol. The van der Waals surface area contributed by atoms with E-state index in [0.29, 0.717) is 12.5 Å². The normalized spacial score (nSPS) is 11.0. The van der Waals surface area contributed by atoms with Crippen LogP contribution in [0.5, 0.6) is 5.75 Å². The second-order valence-corrected chi connectivity index (χ2v) is 5.15. The van der Waals surface area contributed by atoms with Crippen molar-refractivity contribution in [3.8, 4) is 5.75 Å². The molecule has 1 aromatic rings. The Morgan fingerprint density at radius 3 is 2.79 bits per heavy atom. The lowest BCUT2D eigenvalue weighted by Gasteiger charge is -2.13. The molecule has 0 fully saturated rings. The molecule has 1 rings (SSSR count). The first-order chi connectivity index (χ1) is 9.13. The van der Waals surface area contributed by atoms with Crippen LogP contribution in [-0.4, -0.2) is 31.9 Å². The molecule has 0 unspecified atom stereocenters. The summed E-state index contributed by atoms with van der Waals surface area (Å²) in [4.78, 5) is 4.34. The lowest BCUT2D eigenvalue weighted by atomic mass is 10.2. The minimum atomic E-state index is 0.643. The summed E-state index contributed by atoms with van der Waals surface area (Å²) in [7, 11) is 1.71. The summed E-state index contributed by atoms with van der Waals surface area (Å²) in [5.41, 5.74) is 2.10. The van der Waals surface area contributed by atoms with Crippen molar-refractivity contribution in [2.75, 3.05) is 26.9 Å². The molecule has 0 bridgehead atoms. The summed E-state index contributed by atoms with van der Waals surface area (Å²) in [6.07, 6.45) is 2.80. The van der Waals surface area contributed by atoms with Gasteiger partial charge in [-0.05, 0) is 19.4 Å². The molecule has 0 saturated carbocycles. The standard InChI is InChI=1S/C15H26N2O2/c1-12(2)9-16-10-14-11-17-13(3)8-15(14)19-7-5-6-18-4/h8,11-12,16H,5-7,9-10H2,1-4H3. The zero-order chi connectivity index (χ0) is 14.1. The van der Waals surface area contributed by atoms with Gasteiger partial charge in [0.2, 0.25) is 0 Å². The first kappa shape index (κ1) is 15.9. The van der Waals surface area contributed by atoms with Gasteiger partial charge in [0.15, 0.2) is 0 Å². The molecule has 0 radical (unpaired) electrons. The van der Waals surface area contributed by atoms with E-state index >= 15 is 0 Å². The summed E-state index contributed by atoms with van der Waals surface area (Å²) in [6.45, 7) is 9.57. The fourth-order valence-corrected chi connectivity index (χ4v) is 1.71. The zero-order valence-corrected chi connectivity index (χ0v) is 12.5. The molecule has 1 N–H and O–H groups in total. The highest BCUT2D eigenvalue weighted by Gasteiger charge is 2.05. The molecule has 0 atom stereocenters. The zero-order valence-electron chi connectivity index (χ0n) is 12.5. The van der Waals surface area contributed by atoms with E-state index in [-0.39, 0.29) is 0 Å². The van der Waals surface area contributed by atoms with Crippen molar-refractivity contribution < 1.29 is 9.47 Å². The summed E-state index contributed by atoms with van der Waals surface area (Å²) in [5, 5.41) is 3.42. The van der Waals surface area contributed by atoms with Gasteiger partial charge < -0.3 is 14.8 Å². The number of hydrogen-bond acceptors (Lipinski definition) is 4. The quantitative estimate of drug-likeness (QED) is 0.698. The first-order valence-corrected chi connectivity index (χ1v) is 6.91. The van der Waals surface area contributed by atoms with Crippen molar-refractivity contribution in [1.82, 2.24) is 10.3 Å². The SMILES string of the molecule is COCCCOc1cc(C)ncc1CNCC(C)C. The Kier molecular flexibility index (Phi) is 7.45. The van der Waals surface area contributed by atoms with Crippen LogP contribution in [0, 0.1) is 12.8 Å². The van der Waals surface area contributed by atoms with Crippen LogP contribution in [0.3, 0.4) is 0 Å². The largest absolute Gasteiger partial charge is 0.493 e. The Bertz CT molecular complexity index is 367. The van der Waals surface area contributed by atoms with Crippen LogP contribution in [0.25, 0.3) is 0 Å². The van der Waals surface area contributed by atoms with Gasteiger partial charge >= 0.3 is 0 Å². The second-order valence-electron chi connectivity index (χ2n) is 5.15. The molecule has 0 aliphatic carbocycles. The highest BCUT2D eigenvalue weighted by atomic mass is 16.5. The van der Waals surface area contributed by atoms with Crippen molar-refractivity contribution in [1.29, 1.82) is 0 Å². The monoisotopic (exact) mass is 266 g/mol. The molecular formula is C15H26N2O2. The van der Waals surface area contributed by atoms with E-state index in [1.54, 1.807) is 7.11 Å². The summed E-state index contributed by atoms with van der Waals surface area (Å²) < 4.78 is 10.8. The van der Waals surface area contributed by atoms with E-state index in [1.165, 1.54) is 0 Å². The van der Waals surface area contributed by atoms with E-state index in [4.69, 9.17) is 9.47 Å². The number of pyridine rings is 1. The van der Waals surface area contributed by atoms with Crippen molar-refractivity contribution in [2.45, 2.75) is 33.7 Å². The molecule has 19 heavy (non-hydrogen) atoms. The van der Waals surface area contributed by atoms with Crippen LogP contribution in [-0.2, 0) is 11.3 Å². The van der Waals surface area contributed by atoms with E-state index in [1.807, 2.05) is 19.2 Å². The van der Waals surface area contributed by atoms with E-state index < -0.39 is 0 Å². The van der Waals surface area contributed by atoms with Gasteiger partial charge in [0, 0.05) is 50.2 Å². The number of hydrogen-bond donors (Lipinski definition) is 1. The van der Waals surface area contributed by atoms with Crippen molar-refractivity contribution in [3.63, 3.8) is 0 Å². The van der Waals surface area contributed by atoms with Crippen LogP contribution >= 0.6 is 0 Å². The van der Waals surface area contributed by atoms with Gasteiger partial charge in [-0.1, -0.05) is 13.8 Å². The number of ether oxygens (including phenoxy) is 2. The fraction of sp³-hybridized carbons (Fsp3) is 0.667. The molecule has 0 saturated heterocycles.